The molecule has 1 saturated carbocycles. The van der Waals surface area contributed by atoms with E-state index in [4.69, 9.17) is 0 Å². The Bertz CT molecular complexity index is 522. The average Bonchev–Trinajstić information content (AvgIpc) is 2.54. The number of hydrogen-bond donors (Lipinski definition) is 3. The molecule has 1 aliphatic carbocycles. The van der Waals surface area contributed by atoms with Gasteiger partial charge in [-0.2, -0.15) is 13.2 Å². The van der Waals surface area contributed by atoms with Gasteiger partial charge in [-0.3, -0.25) is 0 Å². The lowest BCUT2D eigenvalue weighted by atomic mass is 9.85. The molecule has 2 rings (SSSR count). The van der Waals surface area contributed by atoms with E-state index in [1.165, 1.54) is 0 Å². The summed E-state index contributed by atoms with van der Waals surface area (Å²) in [7, 11) is 0. The zero-order valence-corrected chi connectivity index (χ0v) is 13.4. The van der Waals surface area contributed by atoms with E-state index in [0.717, 1.165) is 5.56 Å². The normalized spacial score (nSPS) is 22.7. The topological polar surface area (TPSA) is 61.4 Å². The van der Waals surface area contributed by atoms with Crippen LogP contribution in [0.5, 0.6) is 0 Å². The monoisotopic (exact) mass is 344 g/mol. The van der Waals surface area contributed by atoms with Crippen LogP contribution in [0.25, 0.3) is 0 Å². The van der Waals surface area contributed by atoms with Gasteiger partial charge in [0.2, 0.25) is 0 Å². The van der Waals surface area contributed by atoms with Crippen molar-refractivity contribution >= 4 is 6.03 Å². The molecule has 7 heteroatoms. The van der Waals surface area contributed by atoms with Crippen molar-refractivity contribution in [2.45, 2.75) is 50.4 Å². The van der Waals surface area contributed by atoms with E-state index in [9.17, 15) is 23.1 Å². The summed E-state index contributed by atoms with van der Waals surface area (Å²) in [5, 5.41) is 14.6. The lowest BCUT2D eigenvalue weighted by molar-refractivity contribution is -0.183. The number of benzene rings is 1. The lowest BCUT2D eigenvalue weighted by Crippen LogP contribution is -2.50. The number of carbonyl (C=O) groups is 1. The van der Waals surface area contributed by atoms with Crippen molar-refractivity contribution in [1.82, 2.24) is 10.6 Å². The first-order chi connectivity index (χ1) is 11.4. The molecule has 0 aromatic heterocycles. The number of urea groups is 1. The standard InChI is InChI=1S/C17H23F3N2O2/c18-17(19,20)13-7-4-8-14(10-13)21-16(24)22-15(11-23)9-12-5-2-1-3-6-12/h1-3,5-6,13-15,23H,4,7-11H2,(H2,21,22,24)/t13?,14?,15-/m0/s1. The van der Waals surface area contributed by atoms with Gasteiger partial charge in [0.1, 0.15) is 0 Å². The maximum atomic E-state index is 12.8. The van der Waals surface area contributed by atoms with Gasteiger partial charge in [0.15, 0.2) is 0 Å². The molecule has 1 aromatic carbocycles. The van der Waals surface area contributed by atoms with Crippen molar-refractivity contribution in [1.29, 1.82) is 0 Å². The first kappa shape index (κ1) is 18.6. The van der Waals surface area contributed by atoms with E-state index in [1.54, 1.807) is 0 Å². The minimum absolute atomic E-state index is 0.0839. The summed E-state index contributed by atoms with van der Waals surface area (Å²) in [4.78, 5) is 12.0. The molecule has 134 valence electrons. The summed E-state index contributed by atoms with van der Waals surface area (Å²) in [6.07, 6.45) is -2.72. The van der Waals surface area contributed by atoms with Crippen LogP contribution in [0.2, 0.25) is 0 Å². The number of aliphatic hydroxyl groups is 1. The Kier molecular flexibility index (Phi) is 6.48. The third kappa shape index (κ3) is 5.70. The fourth-order valence-corrected chi connectivity index (χ4v) is 3.09. The quantitative estimate of drug-likeness (QED) is 0.769. The first-order valence-electron chi connectivity index (χ1n) is 8.17. The van der Waals surface area contributed by atoms with Gasteiger partial charge in [-0.25, -0.2) is 4.79 Å². The van der Waals surface area contributed by atoms with Crippen molar-refractivity contribution in [3.63, 3.8) is 0 Å². The Labute approximate surface area is 139 Å². The highest BCUT2D eigenvalue weighted by atomic mass is 19.4. The average molecular weight is 344 g/mol. The minimum Gasteiger partial charge on any atom is -0.394 e. The van der Waals surface area contributed by atoms with Crippen LogP contribution in [0.4, 0.5) is 18.0 Å². The molecule has 1 aliphatic rings. The molecule has 3 N–H and O–H groups in total. The number of hydrogen-bond acceptors (Lipinski definition) is 2. The minimum atomic E-state index is -4.21. The van der Waals surface area contributed by atoms with Crippen molar-refractivity contribution in [3.05, 3.63) is 35.9 Å². The fourth-order valence-electron chi connectivity index (χ4n) is 3.09. The Morgan fingerprint density at radius 3 is 2.58 bits per heavy atom. The summed E-state index contributed by atoms with van der Waals surface area (Å²) in [6.45, 7) is -0.238. The second-order valence-electron chi connectivity index (χ2n) is 6.29. The lowest BCUT2D eigenvalue weighted by Gasteiger charge is -2.31. The number of aliphatic hydroxyl groups excluding tert-OH is 1. The summed E-state index contributed by atoms with van der Waals surface area (Å²) >= 11 is 0. The maximum Gasteiger partial charge on any atom is 0.391 e. The Morgan fingerprint density at radius 1 is 1.25 bits per heavy atom. The molecule has 1 aromatic rings. The molecule has 2 unspecified atom stereocenters. The van der Waals surface area contributed by atoms with E-state index in [1.807, 2.05) is 30.3 Å². The first-order valence-corrected chi connectivity index (χ1v) is 8.17. The second-order valence-corrected chi connectivity index (χ2v) is 6.29. The van der Waals surface area contributed by atoms with E-state index >= 15 is 0 Å². The Hall–Kier alpha value is -1.76. The number of halogens is 3. The summed E-state index contributed by atoms with van der Waals surface area (Å²) in [5.74, 6) is -1.35. The molecule has 0 aliphatic heterocycles. The smallest absolute Gasteiger partial charge is 0.391 e. The molecular formula is C17H23F3N2O2. The number of rotatable bonds is 5. The highest BCUT2D eigenvalue weighted by Crippen LogP contribution is 2.37. The van der Waals surface area contributed by atoms with Gasteiger partial charge in [-0.15, -0.1) is 0 Å². The van der Waals surface area contributed by atoms with Gasteiger partial charge in [0.25, 0.3) is 0 Å². The molecule has 3 atom stereocenters. The fraction of sp³-hybridized carbons (Fsp3) is 0.588. The molecule has 0 heterocycles. The highest BCUT2D eigenvalue weighted by molar-refractivity contribution is 5.74. The van der Waals surface area contributed by atoms with Gasteiger partial charge >= 0.3 is 12.2 Å². The SMILES string of the molecule is O=C(NC1CCCC(C(F)(F)F)C1)N[C@H](CO)Cc1ccccc1. The zero-order chi connectivity index (χ0) is 17.6. The van der Waals surface area contributed by atoms with E-state index < -0.39 is 30.2 Å². The summed E-state index contributed by atoms with van der Waals surface area (Å²) < 4.78 is 38.4. The van der Waals surface area contributed by atoms with E-state index in [2.05, 4.69) is 10.6 Å². The number of carbonyl (C=O) groups excluding carboxylic acids is 1. The maximum absolute atomic E-state index is 12.8. The molecule has 24 heavy (non-hydrogen) atoms. The van der Waals surface area contributed by atoms with Gasteiger partial charge in [0, 0.05) is 6.04 Å². The molecule has 4 nitrogen and oxygen atoms in total. The van der Waals surface area contributed by atoms with Crippen molar-refractivity contribution < 1.29 is 23.1 Å². The summed E-state index contributed by atoms with van der Waals surface area (Å²) in [5.41, 5.74) is 0.964. The van der Waals surface area contributed by atoms with Crippen LogP contribution >= 0.6 is 0 Å². The molecular weight excluding hydrogens is 321 g/mol. The number of nitrogens with one attached hydrogen (secondary N) is 2. The molecule has 0 radical (unpaired) electrons. The van der Waals surface area contributed by atoms with Crippen molar-refractivity contribution in [2.24, 2.45) is 5.92 Å². The largest absolute Gasteiger partial charge is 0.394 e. The number of amides is 2. The third-order valence-electron chi connectivity index (χ3n) is 4.35. The van der Waals surface area contributed by atoms with Crippen LogP contribution < -0.4 is 10.6 Å². The zero-order valence-electron chi connectivity index (χ0n) is 13.4. The van der Waals surface area contributed by atoms with Crippen LogP contribution in [0.15, 0.2) is 30.3 Å². The van der Waals surface area contributed by atoms with Crippen molar-refractivity contribution in [3.8, 4) is 0 Å². The summed E-state index contributed by atoms with van der Waals surface area (Å²) in [6, 6.07) is 7.88. The van der Waals surface area contributed by atoms with E-state index in [0.29, 0.717) is 19.3 Å². The number of alkyl halides is 3. The van der Waals surface area contributed by atoms with Gasteiger partial charge < -0.3 is 15.7 Å². The van der Waals surface area contributed by atoms with Gasteiger partial charge in [-0.05, 0) is 31.2 Å². The van der Waals surface area contributed by atoms with Crippen LogP contribution in [-0.2, 0) is 6.42 Å². The molecule has 1 fully saturated rings. The molecule has 2 amide bonds. The molecule has 0 bridgehead atoms. The van der Waals surface area contributed by atoms with Gasteiger partial charge in [-0.1, -0.05) is 36.8 Å². The Morgan fingerprint density at radius 2 is 1.96 bits per heavy atom. The molecule has 0 spiro atoms. The van der Waals surface area contributed by atoms with Crippen LogP contribution in [0.3, 0.4) is 0 Å². The van der Waals surface area contributed by atoms with E-state index in [-0.39, 0.29) is 19.4 Å². The van der Waals surface area contributed by atoms with Crippen LogP contribution in [0.1, 0.15) is 31.2 Å². The third-order valence-corrected chi connectivity index (χ3v) is 4.35. The predicted octanol–water partition coefficient (Wildman–Crippen LogP) is 3.01. The van der Waals surface area contributed by atoms with Gasteiger partial charge in [0.05, 0.1) is 18.6 Å². The van der Waals surface area contributed by atoms with Crippen molar-refractivity contribution in [2.75, 3.05) is 6.61 Å². The Balaban J connectivity index is 1.83. The second kappa shape index (κ2) is 8.37. The van der Waals surface area contributed by atoms with Crippen LogP contribution in [-0.4, -0.2) is 36.0 Å². The highest BCUT2D eigenvalue weighted by Gasteiger charge is 2.42. The van der Waals surface area contributed by atoms with Crippen LogP contribution in [0, 0.1) is 5.92 Å². The molecule has 0 saturated heterocycles. The predicted molar refractivity (Wildman–Crippen MR) is 84.5 cm³/mol.